The Morgan fingerprint density at radius 3 is 2.83 bits per heavy atom. The molecular weight excluding hydrogens is 222 g/mol. The van der Waals surface area contributed by atoms with Gasteiger partial charge in [-0.2, -0.15) is 0 Å². The SMILES string of the molecule is COc1ccc(C)cc1CC1CC(C)CCC1N. The first-order valence-corrected chi connectivity index (χ1v) is 6.99. The molecule has 1 fully saturated rings. The number of hydrogen-bond acceptors (Lipinski definition) is 2. The monoisotopic (exact) mass is 247 g/mol. The lowest BCUT2D eigenvalue weighted by atomic mass is 9.76. The van der Waals surface area contributed by atoms with E-state index in [0.29, 0.717) is 12.0 Å². The molecule has 0 aliphatic heterocycles. The first-order valence-electron chi connectivity index (χ1n) is 6.99. The second-order valence-corrected chi connectivity index (χ2v) is 5.86. The van der Waals surface area contributed by atoms with Gasteiger partial charge in [-0.05, 0) is 56.1 Å². The summed E-state index contributed by atoms with van der Waals surface area (Å²) in [5.41, 5.74) is 8.88. The predicted octanol–water partition coefficient (Wildman–Crippen LogP) is 3.31. The van der Waals surface area contributed by atoms with Crippen molar-refractivity contribution in [1.29, 1.82) is 0 Å². The predicted molar refractivity (Wildman–Crippen MR) is 75.9 cm³/mol. The molecule has 0 aromatic heterocycles. The highest BCUT2D eigenvalue weighted by molar-refractivity contribution is 5.37. The van der Waals surface area contributed by atoms with Gasteiger partial charge in [-0.3, -0.25) is 0 Å². The summed E-state index contributed by atoms with van der Waals surface area (Å²) < 4.78 is 5.46. The molecular formula is C16H25NO. The van der Waals surface area contributed by atoms with Crippen molar-refractivity contribution in [3.05, 3.63) is 29.3 Å². The lowest BCUT2D eigenvalue weighted by Gasteiger charge is -2.33. The van der Waals surface area contributed by atoms with Crippen LogP contribution < -0.4 is 10.5 Å². The lowest BCUT2D eigenvalue weighted by Crippen LogP contribution is -2.36. The van der Waals surface area contributed by atoms with Crippen molar-refractivity contribution < 1.29 is 4.74 Å². The Bertz CT molecular complexity index is 402. The van der Waals surface area contributed by atoms with Gasteiger partial charge in [0.2, 0.25) is 0 Å². The maximum atomic E-state index is 6.28. The van der Waals surface area contributed by atoms with Gasteiger partial charge in [0, 0.05) is 6.04 Å². The van der Waals surface area contributed by atoms with Crippen LogP contribution in [0, 0.1) is 18.8 Å². The van der Waals surface area contributed by atoms with E-state index in [-0.39, 0.29) is 0 Å². The number of aryl methyl sites for hydroxylation is 1. The summed E-state index contributed by atoms with van der Waals surface area (Å²) in [6.45, 7) is 4.47. The minimum absolute atomic E-state index is 0.353. The number of ether oxygens (including phenoxy) is 1. The van der Waals surface area contributed by atoms with Crippen LogP contribution in [0.2, 0.25) is 0 Å². The van der Waals surface area contributed by atoms with Crippen LogP contribution in [0.1, 0.15) is 37.3 Å². The average Bonchev–Trinajstić information content (AvgIpc) is 2.34. The standard InChI is InChI=1S/C16H25NO/c1-11-4-6-15(17)13(8-11)10-14-9-12(2)5-7-16(14)18-3/h5,7,9,11,13,15H,4,6,8,10,17H2,1-3H3. The normalized spacial score (nSPS) is 28.1. The zero-order valence-corrected chi connectivity index (χ0v) is 11.8. The summed E-state index contributed by atoms with van der Waals surface area (Å²) in [6.07, 6.45) is 4.75. The zero-order chi connectivity index (χ0) is 13.1. The molecule has 0 bridgehead atoms. The molecule has 1 aliphatic rings. The van der Waals surface area contributed by atoms with Crippen LogP contribution in [0.5, 0.6) is 5.75 Å². The quantitative estimate of drug-likeness (QED) is 0.889. The Morgan fingerprint density at radius 1 is 1.33 bits per heavy atom. The molecule has 18 heavy (non-hydrogen) atoms. The minimum atomic E-state index is 0.353. The van der Waals surface area contributed by atoms with E-state index in [1.807, 2.05) is 0 Å². The third-order valence-corrected chi connectivity index (χ3v) is 4.22. The number of methoxy groups -OCH3 is 1. The van der Waals surface area contributed by atoms with Crippen molar-refractivity contribution >= 4 is 0 Å². The molecule has 1 aromatic rings. The molecule has 0 amide bonds. The van der Waals surface area contributed by atoms with Gasteiger partial charge in [0.25, 0.3) is 0 Å². The lowest BCUT2D eigenvalue weighted by molar-refractivity contribution is 0.243. The van der Waals surface area contributed by atoms with Crippen LogP contribution in [0.25, 0.3) is 0 Å². The molecule has 1 saturated carbocycles. The molecule has 1 aromatic carbocycles. The van der Waals surface area contributed by atoms with E-state index >= 15 is 0 Å². The van der Waals surface area contributed by atoms with Crippen molar-refractivity contribution in [3.63, 3.8) is 0 Å². The van der Waals surface area contributed by atoms with Crippen LogP contribution in [0.15, 0.2) is 18.2 Å². The molecule has 2 nitrogen and oxygen atoms in total. The Labute approximate surface area is 111 Å². The Kier molecular flexibility index (Phi) is 4.28. The molecule has 0 saturated heterocycles. The van der Waals surface area contributed by atoms with E-state index < -0.39 is 0 Å². The van der Waals surface area contributed by atoms with Gasteiger partial charge in [0.05, 0.1) is 7.11 Å². The van der Waals surface area contributed by atoms with Crippen molar-refractivity contribution in [2.75, 3.05) is 7.11 Å². The average molecular weight is 247 g/mol. The van der Waals surface area contributed by atoms with E-state index in [9.17, 15) is 0 Å². The van der Waals surface area contributed by atoms with Gasteiger partial charge in [-0.15, -0.1) is 0 Å². The second-order valence-electron chi connectivity index (χ2n) is 5.86. The largest absolute Gasteiger partial charge is 0.496 e. The molecule has 3 atom stereocenters. The van der Waals surface area contributed by atoms with Gasteiger partial charge in [-0.25, -0.2) is 0 Å². The topological polar surface area (TPSA) is 35.2 Å². The summed E-state index contributed by atoms with van der Waals surface area (Å²) in [7, 11) is 1.75. The summed E-state index contributed by atoms with van der Waals surface area (Å²) in [5, 5.41) is 0. The van der Waals surface area contributed by atoms with Crippen molar-refractivity contribution in [2.45, 2.75) is 45.6 Å². The highest BCUT2D eigenvalue weighted by Crippen LogP contribution is 2.32. The van der Waals surface area contributed by atoms with Gasteiger partial charge in [0.1, 0.15) is 5.75 Å². The number of rotatable bonds is 3. The summed E-state index contributed by atoms with van der Waals surface area (Å²) in [4.78, 5) is 0. The van der Waals surface area contributed by atoms with Crippen molar-refractivity contribution in [2.24, 2.45) is 17.6 Å². The first-order chi connectivity index (χ1) is 8.60. The maximum absolute atomic E-state index is 6.28. The van der Waals surface area contributed by atoms with Gasteiger partial charge in [-0.1, -0.05) is 24.6 Å². The summed E-state index contributed by atoms with van der Waals surface area (Å²) in [6, 6.07) is 6.77. The van der Waals surface area contributed by atoms with Crippen LogP contribution in [0.4, 0.5) is 0 Å². The highest BCUT2D eigenvalue weighted by atomic mass is 16.5. The zero-order valence-electron chi connectivity index (χ0n) is 11.8. The molecule has 2 rings (SSSR count). The molecule has 0 heterocycles. The van der Waals surface area contributed by atoms with Crippen molar-refractivity contribution in [3.8, 4) is 5.75 Å². The molecule has 2 N–H and O–H groups in total. The van der Waals surface area contributed by atoms with Crippen LogP contribution >= 0.6 is 0 Å². The fourth-order valence-corrected chi connectivity index (χ4v) is 3.11. The van der Waals surface area contributed by atoms with E-state index in [2.05, 4.69) is 32.0 Å². The number of benzene rings is 1. The van der Waals surface area contributed by atoms with Crippen molar-refractivity contribution in [1.82, 2.24) is 0 Å². The molecule has 1 aliphatic carbocycles. The molecule has 0 spiro atoms. The van der Waals surface area contributed by atoms with Gasteiger partial charge >= 0.3 is 0 Å². The second kappa shape index (κ2) is 5.75. The molecule has 100 valence electrons. The van der Waals surface area contributed by atoms with Gasteiger partial charge in [0.15, 0.2) is 0 Å². The van der Waals surface area contributed by atoms with Crippen LogP contribution in [-0.4, -0.2) is 13.2 Å². The third kappa shape index (κ3) is 3.05. The van der Waals surface area contributed by atoms with Crippen LogP contribution in [-0.2, 0) is 6.42 Å². The first kappa shape index (κ1) is 13.4. The number of hydrogen-bond donors (Lipinski definition) is 1. The molecule has 2 heteroatoms. The Hall–Kier alpha value is -1.02. The summed E-state index contributed by atoms with van der Waals surface area (Å²) >= 11 is 0. The fourth-order valence-electron chi connectivity index (χ4n) is 3.11. The van der Waals surface area contributed by atoms with E-state index in [1.54, 1.807) is 7.11 Å². The maximum Gasteiger partial charge on any atom is 0.122 e. The van der Waals surface area contributed by atoms with E-state index in [0.717, 1.165) is 18.1 Å². The minimum Gasteiger partial charge on any atom is -0.496 e. The number of nitrogens with two attached hydrogens (primary N) is 1. The Balaban J connectivity index is 2.14. The molecule has 3 unspecified atom stereocenters. The highest BCUT2D eigenvalue weighted by Gasteiger charge is 2.26. The molecule has 0 radical (unpaired) electrons. The van der Waals surface area contributed by atoms with E-state index in [1.165, 1.54) is 30.4 Å². The van der Waals surface area contributed by atoms with Crippen LogP contribution in [0.3, 0.4) is 0 Å². The third-order valence-electron chi connectivity index (χ3n) is 4.22. The fraction of sp³-hybridized carbons (Fsp3) is 0.625. The van der Waals surface area contributed by atoms with E-state index in [4.69, 9.17) is 10.5 Å². The van der Waals surface area contributed by atoms with Gasteiger partial charge < -0.3 is 10.5 Å². The summed E-state index contributed by atoms with van der Waals surface area (Å²) in [5.74, 6) is 2.42. The Morgan fingerprint density at radius 2 is 2.11 bits per heavy atom. The smallest absolute Gasteiger partial charge is 0.122 e.